The van der Waals surface area contributed by atoms with Crippen molar-refractivity contribution in [1.29, 1.82) is 0 Å². The number of halogens is 3. The van der Waals surface area contributed by atoms with E-state index in [4.69, 9.17) is 0 Å². The molecule has 0 saturated heterocycles. The fourth-order valence-electron chi connectivity index (χ4n) is 1.34. The first kappa shape index (κ1) is 15.8. The van der Waals surface area contributed by atoms with Gasteiger partial charge in [-0.25, -0.2) is 4.98 Å². The molecule has 20 heavy (non-hydrogen) atoms. The summed E-state index contributed by atoms with van der Waals surface area (Å²) in [5, 5.41) is 0. The highest BCUT2D eigenvalue weighted by atomic mass is 19.4. The highest BCUT2D eigenvalue weighted by Gasteiger charge is 2.30. The van der Waals surface area contributed by atoms with E-state index in [0.717, 1.165) is 12.2 Å². The summed E-state index contributed by atoms with van der Waals surface area (Å²) >= 11 is 0. The van der Waals surface area contributed by atoms with Crippen molar-refractivity contribution in [1.82, 2.24) is 9.97 Å². The van der Waals surface area contributed by atoms with Crippen molar-refractivity contribution in [2.75, 3.05) is 0 Å². The Hall–Kier alpha value is -2.24. The maximum atomic E-state index is 12.6. The van der Waals surface area contributed by atoms with Gasteiger partial charge in [-0.2, -0.15) is 13.2 Å². The minimum Gasteiger partial charge on any atom is -0.296 e. The first-order chi connectivity index (χ1) is 9.38. The molecule has 0 aliphatic heterocycles. The number of aldehydes is 1. The van der Waals surface area contributed by atoms with Crippen molar-refractivity contribution in [2.45, 2.75) is 20.0 Å². The summed E-state index contributed by atoms with van der Waals surface area (Å²) in [4.78, 5) is 18.6. The van der Waals surface area contributed by atoms with Crippen molar-refractivity contribution >= 4 is 12.4 Å². The summed E-state index contributed by atoms with van der Waals surface area (Å²) in [6.07, 6.45) is 3.31. The zero-order valence-electron chi connectivity index (χ0n) is 11.0. The number of hydrogen-bond donors (Lipinski definition) is 0. The van der Waals surface area contributed by atoms with Gasteiger partial charge in [0, 0.05) is 0 Å². The van der Waals surface area contributed by atoms with E-state index in [0.29, 0.717) is 17.7 Å². The second-order valence-corrected chi connectivity index (χ2v) is 3.86. The molecule has 6 heteroatoms. The number of nitrogens with zero attached hydrogens (tertiary/aromatic N) is 2. The SMILES string of the molecule is C\C=C/C(=C\C=C\c1cnc(C)c(C=O)n1)C(F)(F)F. The Bertz CT molecular complexity index is 572. The summed E-state index contributed by atoms with van der Waals surface area (Å²) in [7, 11) is 0. The average molecular weight is 282 g/mol. The van der Waals surface area contributed by atoms with E-state index >= 15 is 0 Å². The van der Waals surface area contributed by atoms with Gasteiger partial charge in [0.05, 0.1) is 23.2 Å². The number of aryl methyl sites for hydroxylation is 1. The quantitative estimate of drug-likeness (QED) is 0.625. The van der Waals surface area contributed by atoms with E-state index in [1.165, 1.54) is 31.3 Å². The molecule has 0 fully saturated rings. The Balaban J connectivity index is 3.00. The van der Waals surface area contributed by atoms with Crippen LogP contribution in [-0.2, 0) is 0 Å². The van der Waals surface area contributed by atoms with Crippen LogP contribution in [0.1, 0.15) is 28.8 Å². The molecule has 1 rings (SSSR count). The first-order valence-corrected chi connectivity index (χ1v) is 5.75. The van der Waals surface area contributed by atoms with Crippen molar-refractivity contribution in [3.8, 4) is 0 Å². The van der Waals surface area contributed by atoms with E-state index in [2.05, 4.69) is 9.97 Å². The number of alkyl halides is 3. The topological polar surface area (TPSA) is 42.9 Å². The van der Waals surface area contributed by atoms with Gasteiger partial charge < -0.3 is 0 Å². The molecule has 0 aromatic carbocycles. The van der Waals surface area contributed by atoms with Gasteiger partial charge in [-0.1, -0.05) is 18.2 Å². The number of carbonyl (C=O) groups is 1. The van der Waals surface area contributed by atoms with E-state index < -0.39 is 11.7 Å². The van der Waals surface area contributed by atoms with E-state index in [1.54, 1.807) is 6.92 Å². The molecule has 3 nitrogen and oxygen atoms in total. The summed E-state index contributed by atoms with van der Waals surface area (Å²) < 4.78 is 37.7. The second-order valence-electron chi connectivity index (χ2n) is 3.86. The Kier molecular flexibility index (Phi) is 5.37. The largest absolute Gasteiger partial charge is 0.416 e. The third-order valence-corrected chi connectivity index (χ3v) is 2.34. The standard InChI is InChI=1S/C14H13F3N2O/c1-3-5-11(14(15,16)17)6-4-7-12-8-18-10(2)13(9-20)19-12/h3-9H,1-2H3/b5-3-,7-4+,11-6+. The van der Waals surface area contributed by atoms with Gasteiger partial charge in [0.25, 0.3) is 0 Å². The molecule has 0 radical (unpaired) electrons. The Morgan fingerprint density at radius 3 is 2.60 bits per heavy atom. The second kappa shape index (κ2) is 6.79. The first-order valence-electron chi connectivity index (χ1n) is 5.75. The molecular weight excluding hydrogens is 269 g/mol. The maximum Gasteiger partial charge on any atom is 0.416 e. The van der Waals surface area contributed by atoms with Crippen molar-refractivity contribution < 1.29 is 18.0 Å². The molecule has 0 N–H and O–H groups in total. The Labute approximate surface area is 114 Å². The third kappa shape index (κ3) is 4.46. The number of hydrogen-bond acceptors (Lipinski definition) is 3. The molecule has 0 amide bonds. The lowest BCUT2D eigenvalue weighted by Gasteiger charge is -2.05. The zero-order valence-corrected chi connectivity index (χ0v) is 11.0. The van der Waals surface area contributed by atoms with Crippen LogP contribution in [0.3, 0.4) is 0 Å². The van der Waals surface area contributed by atoms with Gasteiger partial charge in [-0.15, -0.1) is 0 Å². The molecule has 106 valence electrons. The van der Waals surface area contributed by atoms with Crippen molar-refractivity contribution in [2.24, 2.45) is 0 Å². The summed E-state index contributed by atoms with van der Waals surface area (Å²) in [5.41, 5.74) is 0.182. The number of carbonyl (C=O) groups excluding carboxylic acids is 1. The van der Waals surface area contributed by atoms with Crippen LogP contribution < -0.4 is 0 Å². The zero-order chi connectivity index (χ0) is 15.2. The molecule has 0 unspecified atom stereocenters. The van der Waals surface area contributed by atoms with Gasteiger partial charge in [0.1, 0.15) is 5.69 Å². The number of aromatic nitrogens is 2. The Morgan fingerprint density at radius 1 is 1.35 bits per heavy atom. The van der Waals surface area contributed by atoms with Gasteiger partial charge in [-0.05, 0) is 26.0 Å². The predicted molar refractivity (Wildman–Crippen MR) is 70.1 cm³/mol. The molecule has 1 aromatic rings. The highest BCUT2D eigenvalue weighted by Crippen LogP contribution is 2.26. The summed E-state index contributed by atoms with van der Waals surface area (Å²) in [6, 6.07) is 0. The smallest absolute Gasteiger partial charge is 0.296 e. The minimum atomic E-state index is -4.41. The predicted octanol–water partition coefficient (Wildman–Crippen LogP) is 3.68. The van der Waals surface area contributed by atoms with E-state index in [9.17, 15) is 18.0 Å². The van der Waals surface area contributed by atoms with Crippen LogP contribution in [-0.4, -0.2) is 22.4 Å². The summed E-state index contributed by atoms with van der Waals surface area (Å²) in [6.45, 7) is 3.13. The van der Waals surface area contributed by atoms with Crippen molar-refractivity contribution in [3.05, 3.63) is 53.2 Å². The lowest BCUT2D eigenvalue weighted by molar-refractivity contribution is -0.0881. The van der Waals surface area contributed by atoms with Crippen LogP contribution in [0, 0.1) is 6.92 Å². The van der Waals surface area contributed by atoms with Crippen LogP contribution in [0.25, 0.3) is 6.08 Å². The fraction of sp³-hybridized carbons (Fsp3) is 0.214. The van der Waals surface area contributed by atoms with Gasteiger partial charge in [0.2, 0.25) is 0 Å². The van der Waals surface area contributed by atoms with Gasteiger partial charge >= 0.3 is 6.18 Å². The highest BCUT2D eigenvalue weighted by molar-refractivity contribution is 5.73. The number of allylic oxidation sites excluding steroid dienone is 5. The fourth-order valence-corrected chi connectivity index (χ4v) is 1.34. The van der Waals surface area contributed by atoms with Gasteiger partial charge in [-0.3, -0.25) is 9.78 Å². The minimum absolute atomic E-state index is 0.167. The van der Waals surface area contributed by atoms with Crippen LogP contribution >= 0.6 is 0 Å². The van der Waals surface area contributed by atoms with E-state index in [1.807, 2.05) is 0 Å². The summed E-state index contributed by atoms with van der Waals surface area (Å²) in [5.74, 6) is 0. The molecule has 1 aromatic heterocycles. The molecule has 0 aliphatic rings. The van der Waals surface area contributed by atoms with Gasteiger partial charge in [0.15, 0.2) is 6.29 Å². The van der Waals surface area contributed by atoms with Crippen LogP contribution in [0.4, 0.5) is 13.2 Å². The molecule has 0 spiro atoms. The molecule has 1 heterocycles. The lowest BCUT2D eigenvalue weighted by Crippen LogP contribution is -2.09. The Morgan fingerprint density at radius 2 is 2.05 bits per heavy atom. The molecular formula is C14H13F3N2O. The van der Waals surface area contributed by atoms with Crippen LogP contribution in [0.5, 0.6) is 0 Å². The third-order valence-electron chi connectivity index (χ3n) is 2.34. The normalized spacial score (nSPS) is 13.3. The van der Waals surface area contributed by atoms with Crippen LogP contribution in [0.15, 0.2) is 36.1 Å². The average Bonchev–Trinajstić information content (AvgIpc) is 2.38. The molecule has 0 atom stereocenters. The molecule has 0 bridgehead atoms. The van der Waals surface area contributed by atoms with E-state index in [-0.39, 0.29) is 5.69 Å². The van der Waals surface area contributed by atoms with Crippen LogP contribution in [0.2, 0.25) is 0 Å². The van der Waals surface area contributed by atoms with Crippen molar-refractivity contribution in [3.63, 3.8) is 0 Å². The number of rotatable bonds is 4. The lowest BCUT2D eigenvalue weighted by atomic mass is 10.2. The monoisotopic (exact) mass is 282 g/mol. The maximum absolute atomic E-state index is 12.6. The molecule has 0 saturated carbocycles. The molecule has 0 aliphatic carbocycles.